The number of sulfonamides is 1. The zero-order chi connectivity index (χ0) is 13.3. The summed E-state index contributed by atoms with van der Waals surface area (Å²) in [6.45, 7) is 1.53. The number of aromatic nitrogens is 1. The van der Waals surface area contributed by atoms with Crippen LogP contribution in [0.1, 0.15) is 15.2 Å². The van der Waals surface area contributed by atoms with E-state index in [0.29, 0.717) is 5.56 Å². The van der Waals surface area contributed by atoms with Crippen LogP contribution in [0.3, 0.4) is 0 Å². The number of anilines is 1. The van der Waals surface area contributed by atoms with Crippen LogP contribution in [-0.4, -0.2) is 24.7 Å². The maximum Gasteiger partial charge on any atom is 0.347 e. The molecule has 0 aliphatic heterocycles. The van der Waals surface area contributed by atoms with Crippen LogP contribution in [0.15, 0.2) is 27.1 Å². The Balaban J connectivity index is 2.47. The predicted octanol–water partition coefficient (Wildman–Crippen LogP) is 1.54. The van der Waals surface area contributed by atoms with Crippen molar-refractivity contribution in [2.75, 3.05) is 4.72 Å². The Hall–Kier alpha value is -1.87. The van der Waals surface area contributed by atoms with Gasteiger partial charge in [0.1, 0.15) is 16.0 Å². The van der Waals surface area contributed by atoms with Crippen molar-refractivity contribution in [1.29, 1.82) is 0 Å². The molecule has 2 aromatic heterocycles. The molecule has 7 nitrogen and oxygen atoms in total. The molecule has 18 heavy (non-hydrogen) atoms. The van der Waals surface area contributed by atoms with Gasteiger partial charge in [0.25, 0.3) is 10.0 Å². The summed E-state index contributed by atoms with van der Waals surface area (Å²) in [6.07, 6.45) is 1.20. The molecule has 0 radical (unpaired) electrons. The molecule has 2 heterocycles. The van der Waals surface area contributed by atoms with Gasteiger partial charge in [-0.15, -0.1) is 11.3 Å². The second-order valence-corrected chi connectivity index (χ2v) is 5.87. The van der Waals surface area contributed by atoms with Crippen LogP contribution >= 0.6 is 11.3 Å². The average molecular weight is 288 g/mol. The molecule has 0 spiro atoms. The molecule has 0 fully saturated rings. The van der Waals surface area contributed by atoms with Crippen LogP contribution in [0.5, 0.6) is 0 Å². The highest BCUT2D eigenvalue weighted by Gasteiger charge is 2.27. The first kappa shape index (κ1) is 12.6. The Morgan fingerprint density at radius 1 is 1.56 bits per heavy atom. The maximum absolute atomic E-state index is 12.1. The lowest BCUT2D eigenvalue weighted by atomic mass is 10.3. The molecule has 9 heteroatoms. The van der Waals surface area contributed by atoms with Gasteiger partial charge in [-0.3, -0.25) is 4.72 Å². The highest BCUT2D eigenvalue weighted by Crippen LogP contribution is 2.28. The minimum atomic E-state index is -3.99. The highest BCUT2D eigenvalue weighted by molar-refractivity contribution is 7.93. The molecule has 0 aliphatic rings. The Kier molecular flexibility index (Phi) is 3.09. The second-order valence-electron chi connectivity index (χ2n) is 3.37. The third kappa shape index (κ3) is 2.22. The van der Waals surface area contributed by atoms with Crippen molar-refractivity contribution >= 4 is 33.1 Å². The smallest absolute Gasteiger partial charge is 0.347 e. The van der Waals surface area contributed by atoms with Crippen LogP contribution in [0.4, 0.5) is 5.82 Å². The van der Waals surface area contributed by atoms with Crippen molar-refractivity contribution in [2.24, 2.45) is 0 Å². The molecule has 0 aliphatic carbocycles. The minimum absolute atomic E-state index is 0.00283. The molecular weight excluding hydrogens is 280 g/mol. The Labute approximate surface area is 106 Å². The summed E-state index contributed by atoms with van der Waals surface area (Å²) in [7, 11) is -3.99. The van der Waals surface area contributed by atoms with E-state index >= 15 is 0 Å². The van der Waals surface area contributed by atoms with E-state index in [2.05, 4.69) is 14.4 Å². The van der Waals surface area contributed by atoms with Crippen LogP contribution in [0.25, 0.3) is 0 Å². The van der Waals surface area contributed by atoms with E-state index in [1.807, 2.05) is 0 Å². The molecule has 0 saturated carbocycles. The van der Waals surface area contributed by atoms with Crippen LogP contribution in [-0.2, 0) is 10.0 Å². The summed E-state index contributed by atoms with van der Waals surface area (Å²) in [5, 5.41) is 13.8. The van der Waals surface area contributed by atoms with Gasteiger partial charge < -0.3 is 9.63 Å². The van der Waals surface area contributed by atoms with Crippen molar-refractivity contribution in [3.63, 3.8) is 0 Å². The SMILES string of the molecule is Cc1csc(C(=O)O)c1S(=O)(=O)Nc1ccon1. The first-order chi connectivity index (χ1) is 8.42. The average Bonchev–Trinajstić information content (AvgIpc) is 2.86. The van der Waals surface area contributed by atoms with E-state index in [1.54, 1.807) is 0 Å². The number of aromatic carboxylic acids is 1. The number of thiophene rings is 1. The normalized spacial score (nSPS) is 11.4. The highest BCUT2D eigenvalue weighted by atomic mass is 32.2. The lowest BCUT2D eigenvalue weighted by molar-refractivity contribution is 0.0698. The number of carboxylic acids is 1. The summed E-state index contributed by atoms with van der Waals surface area (Å²) in [5.41, 5.74) is 0.369. The van der Waals surface area contributed by atoms with E-state index in [4.69, 9.17) is 5.11 Å². The second kappa shape index (κ2) is 4.42. The van der Waals surface area contributed by atoms with E-state index in [9.17, 15) is 13.2 Å². The first-order valence-corrected chi connectivity index (χ1v) is 7.02. The Morgan fingerprint density at radius 3 is 2.83 bits per heavy atom. The van der Waals surface area contributed by atoms with Gasteiger partial charge in [-0.25, -0.2) is 13.2 Å². The van der Waals surface area contributed by atoms with E-state index < -0.39 is 16.0 Å². The van der Waals surface area contributed by atoms with Crippen LogP contribution < -0.4 is 4.72 Å². The summed E-state index contributed by atoms with van der Waals surface area (Å²) >= 11 is 0.861. The minimum Gasteiger partial charge on any atom is -0.477 e. The van der Waals surface area contributed by atoms with Crippen LogP contribution in [0, 0.1) is 6.92 Å². The molecule has 0 saturated heterocycles. The standard InChI is InChI=1S/C9H8N2O5S2/c1-5-4-17-7(9(12)13)8(5)18(14,15)11-6-2-3-16-10-6/h2-4H,1H3,(H,10,11)(H,12,13). The third-order valence-electron chi connectivity index (χ3n) is 2.06. The van der Waals surface area contributed by atoms with Gasteiger partial charge in [0.2, 0.25) is 0 Å². The summed E-state index contributed by atoms with van der Waals surface area (Å²) < 4.78 is 30.8. The van der Waals surface area contributed by atoms with E-state index in [0.717, 1.165) is 11.3 Å². The van der Waals surface area contributed by atoms with Crippen molar-refractivity contribution in [1.82, 2.24) is 5.16 Å². The number of hydrogen-bond acceptors (Lipinski definition) is 6. The topological polar surface area (TPSA) is 110 Å². The summed E-state index contributed by atoms with van der Waals surface area (Å²) in [5.74, 6) is -1.29. The molecule has 0 bridgehead atoms. The molecule has 96 valence electrons. The van der Waals surface area contributed by atoms with Crippen LogP contribution in [0.2, 0.25) is 0 Å². The molecule has 2 N–H and O–H groups in total. The van der Waals surface area contributed by atoms with Crippen molar-refractivity contribution in [3.8, 4) is 0 Å². The van der Waals surface area contributed by atoms with Crippen molar-refractivity contribution in [2.45, 2.75) is 11.8 Å². The molecule has 0 amide bonds. The molecule has 2 aromatic rings. The summed E-state index contributed by atoms with van der Waals surface area (Å²) in [4.78, 5) is 10.5. The van der Waals surface area contributed by atoms with E-state index in [1.165, 1.54) is 24.6 Å². The Bertz CT molecular complexity index is 672. The molecule has 0 atom stereocenters. The number of aryl methyl sites for hydroxylation is 1. The van der Waals surface area contributed by atoms with Gasteiger partial charge >= 0.3 is 5.97 Å². The van der Waals surface area contributed by atoms with Gasteiger partial charge in [0, 0.05) is 6.07 Å². The first-order valence-electron chi connectivity index (χ1n) is 4.66. The number of rotatable bonds is 4. The van der Waals surface area contributed by atoms with Gasteiger partial charge in [-0.1, -0.05) is 5.16 Å². The van der Waals surface area contributed by atoms with Gasteiger partial charge in [-0.2, -0.15) is 0 Å². The van der Waals surface area contributed by atoms with Crippen molar-refractivity contribution < 1.29 is 22.8 Å². The maximum atomic E-state index is 12.1. The summed E-state index contributed by atoms with van der Waals surface area (Å²) in [6, 6.07) is 1.32. The molecule has 2 rings (SSSR count). The number of nitrogens with one attached hydrogen (secondary N) is 1. The molecular formula is C9H8N2O5S2. The third-order valence-corrected chi connectivity index (χ3v) is 4.81. The van der Waals surface area contributed by atoms with Gasteiger partial charge in [0.15, 0.2) is 5.82 Å². The molecule has 0 aromatic carbocycles. The lowest BCUT2D eigenvalue weighted by Gasteiger charge is -2.05. The Morgan fingerprint density at radius 2 is 2.28 bits per heavy atom. The van der Waals surface area contributed by atoms with Gasteiger partial charge in [0.05, 0.1) is 0 Å². The van der Waals surface area contributed by atoms with Crippen molar-refractivity contribution in [3.05, 3.63) is 28.2 Å². The fourth-order valence-electron chi connectivity index (χ4n) is 1.37. The largest absolute Gasteiger partial charge is 0.477 e. The lowest BCUT2D eigenvalue weighted by Crippen LogP contribution is -2.16. The van der Waals surface area contributed by atoms with Gasteiger partial charge in [-0.05, 0) is 17.9 Å². The molecule has 0 unspecified atom stereocenters. The predicted molar refractivity (Wildman–Crippen MR) is 63.3 cm³/mol. The quantitative estimate of drug-likeness (QED) is 0.883. The number of nitrogens with zero attached hydrogens (tertiary/aromatic N) is 1. The zero-order valence-electron chi connectivity index (χ0n) is 9.08. The number of carbonyl (C=O) groups is 1. The monoisotopic (exact) mass is 288 g/mol. The van der Waals surface area contributed by atoms with E-state index in [-0.39, 0.29) is 15.6 Å². The number of carboxylic acid groups (broad SMARTS) is 1. The zero-order valence-corrected chi connectivity index (χ0v) is 10.7. The number of hydrogen-bond donors (Lipinski definition) is 2. The fourth-order valence-corrected chi connectivity index (χ4v) is 4.00. The fraction of sp³-hybridized carbons (Fsp3) is 0.111.